The van der Waals surface area contributed by atoms with Crippen LogP contribution in [0.15, 0.2) is 0 Å². The van der Waals surface area contributed by atoms with Crippen LogP contribution in [-0.4, -0.2) is 30.6 Å². The van der Waals surface area contributed by atoms with E-state index in [-0.39, 0.29) is 0 Å². The molecule has 1 aliphatic carbocycles. The van der Waals surface area contributed by atoms with E-state index < -0.39 is 0 Å². The number of hydrogen-bond donors (Lipinski definition) is 1. The summed E-state index contributed by atoms with van der Waals surface area (Å²) in [6.45, 7) is 3.81. The van der Waals surface area contributed by atoms with Gasteiger partial charge in [0.2, 0.25) is 0 Å². The molecular weight excluding hydrogens is 160 g/mol. The lowest BCUT2D eigenvalue weighted by Crippen LogP contribution is -2.40. The van der Waals surface area contributed by atoms with Gasteiger partial charge in [0.05, 0.1) is 0 Å². The zero-order chi connectivity index (χ0) is 9.10. The second-order valence-corrected chi connectivity index (χ2v) is 4.76. The molecule has 2 fully saturated rings. The van der Waals surface area contributed by atoms with Crippen LogP contribution in [0.4, 0.5) is 0 Å². The Morgan fingerprint density at radius 3 is 2.38 bits per heavy atom. The van der Waals surface area contributed by atoms with E-state index in [0.717, 1.165) is 5.92 Å². The summed E-state index contributed by atoms with van der Waals surface area (Å²) in [4.78, 5) is 2.59. The number of hydrogen-bond acceptors (Lipinski definition) is 2. The normalized spacial score (nSPS) is 26.5. The summed E-state index contributed by atoms with van der Waals surface area (Å²) in [5, 5.41) is 0. The van der Waals surface area contributed by atoms with Crippen LogP contribution in [0.25, 0.3) is 0 Å². The number of rotatable bonds is 4. The molecule has 0 aromatic carbocycles. The molecule has 1 aliphatic heterocycles. The average molecular weight is 182 g/mol. The van der Waals surface area contributed by atoms with Crippen molar-refractivity contribution in [3.8, 4) is 0 Å². The third-order valence-corrected chi connectivity index (χ3v) is 3.42. The largest absolute Gasteiger partial charge is 0.328 e. The second-order valence-electron chi connectivity index (χ2n) is 4.76. The summed E-state index contributed by atoms with van der Waals surface area (Å²) < 4.78 is 0. The van der Waals surface area contributed by atoms with Crippen molar-refractivity contribution in [3.63, 3.8) is 0 Å². The van der Waals surface area contributed by atoms with Gasteiger partial charge < -0.3 is 10.6 Å². The highest BCUT2D eigenvalue weighted by molar-refractivity contribution is 4.76. The molecule has 0 aromatic rings. The van der Waals surface area contributed by atoms with E-state index in [1.807, 2.05) is 0 Å². The minimum absolute atomic E-state index is 0.486. The Hall–Kier alpha value is -0.0800. The molecule has 1 saturated heterocycles. The Kier molecular flexibility index (Phi) is 3.23. The lowest BCUT2D eigenvalue weighted by Gasteiger charge is -2.29. The Balaban J connectivity index is 1.53. The van der Waals surface area contributed by atoms with Crippen LogP contribution in [0.5, 0.6) is 0 Å². The molecule has 2 N–H and O–H groups in total. The third-order valence-electron chi connectivity index (χ3n) is 3.42. The summed E-state index contributed by atoms with van der Waals surface area (Å²) >= 11 is 0. The van der Waals surface area contributed by atoms with Gasteiger partial charge in [0.25, 0.3) is 0 Å². The number of nitrogens with two attached hydrogens (primary N) is 1. The summed E-state index contributed by atoms with van der Waals surface area (Å²) in [6.07, 6.45) is 8.32. The molecule has 0 aromatic heterocycles. The van der Waals surface area contributed by atoms with Crippen LogP contribution in [0.1, 0.15) is 38.5 Å². The molecule has 2 aliphatic rings. The minimum atomic E-state index is 0.486. The topological polar surface area (TPSA) is 29.3 Å². The van der Waals surface area contributed by atoms with Gasteiger partial charge in [-0.2, -0.15) is 0 Å². The van der Waals surface area contributed by atoms with E-state index in [4.69, 9.17) is 5.73 Å². The van der Waals surface area contributed by atoms with Crippen molar-refractivity contribution in [1.29, 1.82) is 0 Å². The molecule has 2 nitrogen and oxygen atoms in total. The van der Waals surface area contributed by atoms with Crippen molar-refractivity contribution in [3.05, 3.63) is 0 Å². The molecule has 2 heteroatoms. The first-order chi connectivity index (χ1) is 6.34. The monoisotopic (exact) mass is 182 g/mol. The van der Waals surface area contributed by atoms with Gasteiger partial charge in [-0.1, -0.05) is 12.8 Å². The molecule has 0 unspecified atom stereocenters. The van der Waals surface area contributed by atoms with Crippen molar-refractivity contribution < 1.29 is 0 Å². The quantitative estimate of drug-likeness (QED) is 0.715. The van der Waals surface area contributed by atoms with Gasteiger partial charge in [-0.3, -0.25) is 0 Å². The highest BCUT2D eigenvalue weighted by Crippen LogP contribution is 2.33. The van der Waals surface area contributed by atoms with Crippen LogP contribution in [0.2, 0.25) is 0 Å². The Labute approximate surface area is 81.5 Å². The summed E-state index contributed by atoms with van der Waals surface area (Å²) in [5.41, 5.74) is 5.86. The summed E-state index contributed by atoms with van der Waals surface area (Å²) in [7, 11) is 0. The van der Waals surface area contributed by atoms with Crippen LogP contribution >= 0.6 is 0 Å². The van der Waals surface area contributed by atoms with Gasteiger partial charge in [-0.25, -0.2) is 0 Å². The van der Waals surface area contributed by atoms with Crippen LogP contribution < -0.4 is 5.73 Å². The van der Waals surface area contributed by atoms with E-state index in [2.05, 4.69) is 4.90 Å². The van der Waals surface area contributed by atoms with Gasteiger partial charge in [0.15, 0.2) is 0 Å². The average Bonchev–Trinajstić information content (AvgIpc) is 2.92. The lowest BCUT2D eigenvalue weighted by molar-refractivity contribution is 0.208. The lowest BCUT2D eigenvalue weighted by atomic mass is 10.1. The molecule has 0 spiro atoms. The van der Waals surface area contributed by atoms with Gasteiger partial charge in [0.1, 0.15) is 0 Å². The van der Waals surface area contributed by atoms with Gasteiger partial charge in [-0.15, -0.1) is 0 Å². The van der Waals surface area contributed by atoms with E-state index in [1.165, 1.54) is 58.2 Å². The predicted octanol–water partition coefficient (Wildman–Crippen LogP) is 1.60. The van der Waals surface area contributed by atoms with E-state index in [0.29, 0.717) is 6.04 Å². The first kappa shape index (κ1) is 9.47. The van der Waals surface area contributed by atoms with Crippen molar-refractivity contribution >= 4 is 0 Å². The molecule has 13 heavy (non-hydrogen) atoms. The first-order valence-electron chi connectivity index (χ1n) is 5.82. The van der Waals surface area contributed by atoms with Crippen LogP contribution in [0, 0.1) is 5.92 Å². The highest BCUT2D eigenvalue weighted by Gasteiger charge is 2.21. The highest BCUT2D eigenvalue weighted by atomic mass is 15.1. The first-order valence-corrected chi connectivity index (χ1v) is 5.82. The van der Waals surface area contributed by atoms with Crippen LogP contribution in [0.3, 0.4) is 0 Å². The fraction of sp³-hybridized carbons (Fsp3) is 1.00. The van der Waals surface area contributed by atoms with Crippen LogP contribution in [-0.2, 0) is 0 Å². The van der Waals surface area contributed by atoms with Crippen molar-refractivity contribution in [2.45, 2.75) is 44.6 Å². The standard InChI is InChI=1S/C11H22N2/c12-11-5-8-13(9-6-11)7-1-2-10-3-4-10/h10-11H,1-9,12H2. The van der Waals surface area contributed by atoms with E-state index in [9.17, 15) is 0 Å². The molecule has 0 atom stereocenters. The smallest absolute Gasteiger partial charge is 0.00631 e. The number of likely N-dealkylation sites (tertiary alicyclic amines) is 1. The Morgan fingerprint density at radius 2 is 1.77 bits per heavy atom. The fourth-order valence-corrected chi connectivity index (χ4v) is 2.19. The van der Waals surface area contributed by atoms with E-state index in [1.54, 1.807) is 0 Å². The van der Waals surface area contributed by atoms with Crippen molar-refractivity contribution in [2.24, 2.45) is 11.7 Å². The molecule has 1 saturated carbocycles. The molecule has 0 amide bonds. The molecule has 1 heterocycles. The molecule has 76 valence electrons. The van der Waals surface area contributed by atoms with Crippen molar-refractivity contribution in [2.75, 3.05) is 19.6 Å². The van der Waals surface area contributed by atoms with Gasteiger partial charge in [-0.05, 0) is 51.2 Å². The molecule has 2 rings (SSSR count). The maximum Gasteiger partial charge on any atom is 0.00631 e. The SMILES string of the molecule is NC1CCN(CCCC2CC2)CC1. The molecule has 0 bridgehead atoms. The zero-order valence-electron chi connectivity index (χ0n) is 8.54. The van der Waals surface area contributed by atoms with Gasteiger partial charge in [0, 0.05) is 6.04 Å². The Morgan fingerprint density at radius 1 is 1.08 bits per heavy atom. The fourth-order valence-electron chi connectivity index (χ4n) is 2.19. The van der Waals surface area contributed by atoms with Gasteiger partial charge >= 0.3 is 0 Å². The Bertz CT molecular complexity index is 146. The van der Waals surface area contributed by atoms with E-state index >= 15 is 0 Å². The second kappa shape index (κ2) is 4.43. The zero-order valence-corrected chi connectivity index (χ0v) is 8.54. The molecule has 0 radical (unpaired) electrons. The third kappa shape index (κ3) is 3.28. The minimum Gasteiger partial charge on any atom is -0.328 e. The maximum absolute atomic E-state index is 5.86. The summed E-state index contributed by atoms with van der Waals surface area (Å²) in [5.74, 6) is 1.10. The number of piperidine rings is 1. The summed E-state index contributed by atoms with van der Waals surface area (Å²) in [6, 6.07) is 0.486. The predicted molar refractivity (Wildman–Crippen MR) is 55.6 cm³/mol. The maximum atomic E-state index is 5.86. The van der Waals surface area contributed by atoms with Crippen molar-refractivity contribution in [1.82, 2.24) is 4.90 Å². The molecular formula is C11H22N2. The number of nitrogens with zero attached hydrogens (tertiary/aromatic N) is 1.